The van der Waals surface area contributed by atoms with Crippen LogP contribution in [0, 0.1) is 0 Å². The Labute approximate surface area is 194 Å². The standard InChI is InChI=1S/C22H29N3O5S2/c1-22(2,3)15-8-10-17(29-5)16(12-15)20(26)24-13-14-7-9-18(30-6)19(11-14)32(27,28)25-21(31)23-4/h7-12H,13H2,1-6H3,(H,24,26)(H2,23,25,31). The third-order valence-electron chi connectivity index (χ3n) is 4.73. The van der Waals surface area contributed by atoms with Crippen LogP contribution in [0.1, 0.15) is 42.3 Å². The maximum atomic E-state index is 12.9. The van der Waals surface area contributed by atoms with Crippen LogP contribution in [0.2, 0.25) is 0 Å². The summed E-state index contributed by atoms with van der Waals surface area (Å²) in [4.78, 5) is 12.8. The molecule has 0 atom stereocenters. The zero-order valence-corrected chi connectivity index (χ0v) is 20.7. The van der Waals surface area contributed by atoms with Crippen molar-refractivity contribution < 1.29 is 22.7 Å². The van der Waals surface area contributed by atoms with Gasteiger partial charge >= 0.3 is 0 Å². The van der Waals surface area contributed by atoms with Crippen molar-refractivity contribution >= 4 is 33.3 Å². The number of benzene rings is 2. The van der Waals surface area contributed by atoms with Crippen molar-refractivity contribution in [3.63, 3.8) is 0 Å². The molecule has 0 saturated heterocycles. The summed E-state index contributed by atoms with van der Waals surface area (Å²) in [6, 6.07) is 10.1. The summed E-state index contributed by atoms with van der Waals surface area (Å²) in [5.41, 5.74) is 1.83. The number of rotatable bonds is 7. The smallest absolute Gasteiger partial charge is 0.267 e. The van der Waals surface area contributed by atoms with Gasteiger partial charge in [-0.15, -0.1) is 0 Å². The summed E-state index contributed by atoms with van der Waals surface area (Å²) in [6.07, 6.45) is 0. The summed E-state index contributed by atoms with van der Waals surface area (Å²) in [5.74, 6) is 0.284. The molecular weight excluding hydrogens is 450 g/mol. The minimum absolute atomic E-state index is 0.0448. The molecule has 0 radical (unpaired) electrons. The average Bonchev–Trinajstić information content (AvgIpc) is 2.75. The van der Waals surface area contributed by atoms with E-state index in [1.165, 1.54) is 33.4 Å². The van der Waals surface area contributed by atoms with Crippen molar-refractivity contribution in [2.75, 3.05) is 21.3 Å². The minimum atomic E-state index is -3.97. The molecule has 3 N–H and O–H groups in total. The molecule has 0 aromatic heterocycles. The Morgan fingerprint density at radius 2 is 1.66 bits per heavy atom. The van der Waals surface area contributed by atoms with E-state index in [0.717, 1.165) is 5.56 Å². The van der Waals surface area contributed by atoms with Gasteiger partial charge in [-0.2, -0.15) is 0 Å². The first kappa shape index (κ1) is 25.4. The van der Waals surface area contributed by atoms with E-state index in [1.54, 1.807) is 18.2 Å². The van der Waals surface area contributed by atoms with Gasteiger partial charge in [-0.05, 0) is 53.0 Å². The molecular formula is C22H29N3O5S2. The maximum Gasteiger partial charge on any atom is 0.267 e. The second-order valence-electron chi connectivity index (χ2n) is 8.02. The first-order valence-electron chi connectivity index (χ1n) is 9.81. The zero-order valence-electron chi connectivity index (χ0n) is 19.0. The number of sulfonamides is 1. The first-order valence-corrected chi connectivity index (χ1v) is 11.7. The van der Waals surface area contributed by atoms with Crippen LogP contribution in [0.3, 0.4) is 0 Å². The Balaban J connectivity index is 2.30. The summed E-state index contributed by atoms with van der Waals surface area (Å²) in [7, 11) is 0.421. The second-order valence-corrected chi connectivity index (χ2v) is 10.1. The fourth-order valence-electron chi connectivity index (χ4n) is 2.90. The first-order chi connectivity index (χ1) is 14.9. The Bertz CT molecular complexity index is 1110. The summed E-state index contributed by atoms with van der Waals surface area (Å²) in [6.45, 7) is 6.28. The minimum Gasteiger partial charge on any atom is -0.496 e. The number of carbonyl (C=O) groups excluding carboxylic acids is 1. The van der Waals surface area contributed by atoms with Gasteiger partial charge < -0.3 is 20.1 Å². The second kappa shape index (κ2) is 10.2. The highest BCUT2D eigenvalue weighted by Gasteiger charge is 2.22. The van der Waals surface area contributed by atoms with Gasteiger partial charge in [0.1, 0.15) is 16.4 Å². The number of nitrogens with one attached hydrogen (secondary N) is 3. The molecule has 32 heavy (non-hydrogen) atoms. The van der Waals surface area contributed by atoms with Gasteiger partial charge in [0.25, 0.3) is 15.9 Å². The highest BCUT2D eigenvalue weighted by Crippen LogP contribution is 2.28. The molecule has 8 nitrogen and oxygen atoms in total. The highest BCUT2D eigenvalue weighted by atomic mass is 32.2. The molecule has 0 aliphatic heterocycles. The van der Waals surface area contributed by atoms with Crippen LogP contribution in [-0.4, -0.2) is 40.7 Å². The van der Waals surface area contributed by atoms with E-state index >= 15 is 0 Å². The van der Waals surface area contributed by atoms with E-state index in [0.29, 0.717) is 16.9 Å². The number of methoxy groups -OCH3 is 2. The SMILES string of the molecule is CNC(=S)NS(=O)(=O)c1cc(CNC(=O)c2cc(C(C)(C)C)ccc2OC)ccc1OC. The molecule has 2 aromatic rings. The number of carbonyl (C=O) groups is 1. The van der Waals surface area contributed by atoms with Crippen LogP contribution in [0.4, 0.5) is 0 Å². The Morgan fingerprint density at radius 3 is 2.22 bits per heavy atom. The van der Waals surface area contributed by atoms with Crippen LogP contribution in [0.15, 0.2) is 41.3 Å². The number of ether oxygens (including phenoxy) is 2. The van der Waals surface area contributed by atoms with E-state index in [2.05, 4.69) is 36.1 Å². The molecule has 174 valence electrons. The van der Waals surface area contributed by atoms with E-state index in [-0.39, 0.29) is 33.6 Å². The Hall–Kier alpha value is -2.85. The van der Waals surface area contributed by atoms with Crippen LogP contribution in [-0.2, 0) is 22.0 Å². The summed E-state index contributed by atoms with van der Waals surface area (Å²) < 4.78 is 38.2. The van der Waals surface area contributed by atoms with Crippen LogP contribution in [0.5, 0.6) is 11.5 Å². The van der Waals surface area contributed by atoms with Crippen molar-refractivity contribution in [3.8, 4) is 11.5 Å². The quantitative estimate of drug-likeness (QED) is 0.525. The molecule has 2 rings (SSSR count). The lowest BCUT2D eigenvalue weighted by Gasteiger charge is -2.21. The van der Waals surface area contributed by atoms with Gasteiger partial charge in [0.2, 0.25) is 0 Å². The molecule has 1 amide bonds. The molecule has 0 spiro atoms. The largest absolute Gasteiger partial charge is 0.496 e. The van der Waals surface area contributed by atoms with Gasteiger partial charge in [0, 0.05) is 13.6 Å². The third kappa shape index (κ3) is 6.10. The number of thiocarbonyl (C=S) groups is 1. The predicted octanol–water partition coefficient (Wildman–Crippen LogP) is 2.71. The maximum absolute atomic E-state index is 12.9. The van der Waals surface area contributed by atoms with Crippen molar-refractivity contribution in [3.05, 3.63) is 53.1 Å². The lowest BCUT2D eigenvalue weighted by Crippen LogP contribution is -2.37. The normalized spacial score (nSPS) is 11.4. The molecule has 0 heterocycles. The lowest BCUT2D eigenvalue weighted by molar-refractivity contribution is 0.0947. The van der Waals surface area contributed by atoms with E-state index in [1.807, 2.05) is 6.07 Å². The average molecular weight is 480 g/mol. The molecule has 0 aliphatic rings. The monoisotopic (exact) mass is 479 g/mol. The molecule has 0 aliphatic carbocycles. The van der Waals surface area contributed by atoms with Crippen LogP contribution in [0.25, 0.3) is 0 Å². The van der Waals surface area contributed by atoms with Gasteiger partial charge in [-0.25, -0.2) is 8.42 Å². The van der Waals surface area contributed by atoms with Crippen molar-refractivity contribution in [1.29, 1.82) is 0 Å². The zero-order chi connectivity index (χ0) is 24.1. The number of amides is 1. The van der Waals surface area contributed by atoms with Crippen molar-refractivity contribution in [2.24, 2.45) is 0 Å². The van der Waals surface area contributed by atoms with Crippen LogP contribution < -0.4 is 24.8 Å². The fourth-order valence-corrected chi connectivity index (χ4v) is 4.41. The molecule has 10 heteroatoms. The Kier molecular flexibility index (Phi) is 8.08. The summed E-state index contributed by atoms with van der Waals surface area (Å²) in [5, 5.41) is 5.34. The van der Waals surface area contributed by atoms with Crippen molar-refractivity contribution in [1.82, 2.24) is 15.4 Å². The van der Waals surface area contributed by atoms with E-state index < -0.39 is 10.0 Å². The predicted molar refractivity (Wildman–Crippen MR) is 128 cm³/mol. The van der Waals surface area contributed by atoms with Gasteiger partial charge in [0.15, 0.2) is 5.11 Å². The molecule has 2 aromatic carbocycles. The lowest BCUT2D eigenvalue weighted by atomic mass is 9.86. The van der Waals surface area contributed by atoms with Gasteiger partial charge in [0.05, 0.1) is 19.8 Å². The summed E-state index contributed by atoms with van der Waals surface area (Å²) >= 11 is 4.90. The molecule has 0 saturated carbocycles. The number of hydrogen-bond donors (Lipinski definition) is 3. The van der Waals surface area contributed by atoms with Gasteiger partial charge in [-0.1, -0.05) is 32.9 Å². The van der Waals surface area contributed by atoms with Crippen molar-refractivity contribution in [2.45, 2.75) is 37.6 Å². The Morgan fingerprint density at radius 1 is 1.03 bits per heavy atom. The molecule has 0 bridgehead atoms. The molecule has 0 unspecified atom stereocenters. The number of hydrogen-bond acceptors (Lipinski definition) is 6. The van der Waals surface area contributed by atoms with Crippen LogP contribution >= 0.6 is 12.2 Å². The third-order valence-corrected chi connectivity index (χ3v) is 6.54. The van der Waals surface area contributed by atoms with E-state index in [4.69, 9.17) is 21.7 Å². The van der Waals surface area contributed by atoms with E-state index in [9.17, 15) is 13.2 Å². The highest BCUT2D eigenvalue weighted by molar-refractivity contribution is 7.92. The fraction of sp³-hybridized carbons (Fsp3) is 0.364. The topological polar surface area (TPSA) is 106 Å². The molecule has 0 fully saturated rings. The van der Waals surface area contributed by atoms with Gasteiger partial charge in [-0.3, -0.25) is 9.52 Å².